The van der Waals surface area contributed by atoms with Crippen molar-refractivity contribution in [3.05, 3.63) is 11.5 Å². The molecule has 0 aromatic carbocycles. The summed E-state index contributed by atoms with van der Waals surface area (Å²) < 4.78 is 37.6. The minimum atomic E-state index is -0.950. The third-order valence-electron chi connectivity index (χ3n) is 4.60. The van der Waals surface area contributed by atoms with E-state index >= 15 is 0 Å². The second-order valence-electron chi connectivity index (χ2n) is 7.65. The van der Waals surface area contributed by atoms with Gasteiger partial charge in [0.05, 0.1) is 6.61 Å². The van der Waals surface area contributed by atoms with Crippen LogP contribution in [0.2, 0.25) is 0 Å². The first-order valence-corrected chi connectivity index (χ1v) is 10.6. The van der Waals surface area contributed by atoms with Gasteiger partial charge in [0.2, 0.25) is 19.3 Å². The first-order chi connectivity index (χ1) is 14.8. The highest BCUT2D eigenvalue weighted by Gasteiger charge is 2.48. The monoisotopic (exact) mass is 444 g/mol. The summed E-state index contributed by atoms with van der Waals surface area (Å²) in [5.74, 6) is -2.76. The Balaban J connectivity index is 2.03. The number of ether oxygens (including phenoxy) is 7. The predicted octanol–water partition coefficient (Wildman–Crippen LogP) is 2.69. The molecular weight excluding hydrogens is 412 g/mol. The van der Waals surface area contributed by atoms with E-state index < -0.39 is 49.5 Å². The van der Waals surface area contributed by atoms with Gasteiger partial charge in [0.15, 0.2) is 17.7 Å². The number of cyclic esters (lactones) is 1. The topological polar surface area (TPSA) is 116 Å². The molecule has 2 rings (SSSR count). The Labute approximate surface area is 182 Å². The van der Waals surface area contributed by atoms with Crippen LogP contribution in [0.3, 0.4) is 0 Å². The van der Waals surface area contributed by atoms with Crippen molar-refractivity contribution in [1.29, 1.82) is 0 Å². The summed E-state index contributed by atoms with van der Waals surface area (Å²) in [6, 6.07) is 0. The fraction of sp³-hybridized carbons (Fsp3) is 0.762. The number of carbonyl (C=O) groups excluding carboxylic acids is 3. The highest BCUT2D eigenvalue weighted by Crippen LogP contribution is 2.34. The summed E-state index contributed by atoms with van der Waals surface area (Å²) in [5.41, 5.74) is 0. The maximum atomic E-state index is 12.4. The van der Waals surface area contributed by atoms with Crippen molar-refractivity contribution in [2.24, 2.45) is 0 Å². The largest absolute Gasteiger partial charge is 0.453 e. The van der Waals surface area contributed by atoms with E-state index in [-0.39, 0.29) is 31.0 Å². The van der Waals surface area contributed by atoms with Gasteiger partial charge in [-0.05, 0) is 26.7 Å². The van der Waals surface area contributed by atoms with E-state index in [4.69, 9.17) is 33.2 Å². The lowest BCUT2D eigenvalue weighted by atomic mass is 10.2. The number of hydrogen-bond acceptors (Lipinski definition) is 10. The van der Waals surface area contributed by atoms with Crippen LogP contribution in [0.15, 0.2) is 11.5 Å². The van der Waals surface area contributed by atoms with Crippen LogP contribution in [0.25, 0.3) is 0 Å². The second-order valence-corrected chi connectivity index (χ2v) is 7.65. The molecule has 2 heterocycles. The minimum Gasteiger partial charge on any atom is -0.453 e. The van der Waals surface area contributed by atoms with Gasteiger partial charge in [-0.3, -0.25) is 9.59 Å². The van der Waals surface area contributed by atoms with E-state index in [9.17, 15) is 14.4 Å². The van der Waals surface area contributed by atoms with E-state index in [1.807, 2.05) is 13.8 Å². The quantitative estimate of drug-likeness (QED) is 0.238. The van der Waals surface area contributed by atoms with Crippen molar-refractivity contribution in [3.8, 4) is 0 Å². The fourth-order valence-corrected chi connectivity index (χ4v) is 2.94. The van der Waals surface area contributed by atoms with Crippen LogP contribution in [0, 0.1) is 0 Å². The Morgan fingerprint density at radius 3 is 2.10 bits per heavy atom. The lowest BCUT2D eigenvalue weighted by Crippen LogP contribution is -2.33. The SMILES string of the molecule is CCCCC(=O)OCOC1=C(OCOC(=O)CCCC)C(C2COC(C)(C)O2)OC1=O. The summed E-state index contributed by atoms with van der Waals surface area (Å²) in [7, 11) is 0. The number of rotatable bonds is 13. The molecule has 0 N–H and O–H groups in total. The van der Waals surface area contributed by atoms with Gasteiger partial charge in [0.1, 0.15) is 6.10 Å². The first kappa shape index (κ1) is 24.9. The van der Waals surface area contributed by atoms with Crippen LogP contribution >= 0.6 is 0 Å². The standard InChI is InChI=1S/C21H32O10/c1-5-7-9-15(22)25-12-27-18-17(14-11-29-21(3,4)31-14)30-20(24)19(18)28-13-26-16(23)10-8-6-2/h14,17H,5-13H2,1-4H3. The molecule has 0 aromatic rings. The zero-order valence-electron chi connectivity index (χ0n) is 18.6. The Hall–Kier alpha value is -2.33. The molecule has 2 unspecified atom stereocenters. The molecule has 2 atom stereocenters. The summed E-state index contributed by atoms with van der Waals surface area (Å²) >= 11 is 0. The maximum Gasteiger partial charge on any atom is 0.378 e. The summed E-state index contributed by atoms with van der Waals surface area (Å²) in [5, 5.41) is 0. The molecule has 31 heavy (non-hydrogen) atoms. The zero-order chi connectivity index (χ0) is 22.9. The number of hydrogen-bond donors (Lipinski definition) is 0. The molecule has 0 spiro atoms. The molecule has 2 aliphatic heterocycles. The third-order valence-corrected chi connectivity index (χ3v) is 4.60. The van der Waals surface area contributed by atoms with Gasteiger partial charge in [-0.1, -0.05) is 26.7 Å². The minimum absolute atomic E-state index is 0.00389. The van der Waals surface area contributed by atoms with Crippen LogP contribution in [0.5, 0.6) is 0 Å². The van der Waals surface area contributed by atoms with E-state index in [0.29, 0.717) is 12.8 Å². The molecule has 0 aromatic heterocycles. The zero-order valence-corrected chi connectivity index (χ0v) is 18.6. The Morgan fingerprint density at radius 2 is 1.58 bits per heavy atom. The van der Waals surface area contributed by atoms with Crippen LogP contribution in [0.4, 0.5) is 0 Å². The molecular formula is C21H32O10. The predicted molar refractivity (Wildman–Crippen MR) is 105 cm³/mol. The molecule has 176 valence electrons. The van der Waals surface area contributed by atoms with Crippen molar-refractivity contribution >= 4 is 17.9 Å². The summed E-state index contributed by atoms with van der Waals surface area (Å²) in [4.78, 5) is 35.8. The van der Waals surface area contributed by atoms with E-state index in [1.54, 1.807) is 13.8 Å². The molecule has 0 amide bonds. The van der Waals surface area contributed by atoms with Gasteiger partial charge in [0.25, 0.3) is 0 Å². The van der Waals surface area contributed by atoms with Gasteiger partial charge in [-0.15, -0.1) is 0 Å². The average molecular weight is 444 g/mol. The van der Waals surface area contributed by atoms with Crippen molar-refractivity contribution < 1.29 is 47.5 Å². The fourth-order valence-electron chi connectivity index (χ4n) is 2.94. The lowest BCUT2D eigenvalue weighted by molar-refractivity contribution is -0.167. The number of esters is 3. The van der Waals surface area contributed by atoms with E-state index in [0.717, 1.165) is 12.8 Å². The van der Waals surface area contributed by atoms with Crippen molar-refractivity contribution in [3.63, 3.8) is 0 Å². The highest BCUT2D eigenvalue weighted by molar-refractivity contribution is 5.89. The Kier molecular flexibility index (Phi) is 9.57. The Bertz CT molecular complexity index is 669. The van der Waals surface area contributed by atoms with Crippen LogP contribution < -0.4 is 0 Å². The maximum absolute atomic E-state index is 12.4. The van der Waals surface area contributed by atoms with E-state index in [1.165, 1.54) is 0 Å². The number of carbonyl (C=O) groups is 3. The molecule has 0 bridgehead atoms. The van der Waals surface area contributed by atoms with Gasteiger partial charge >= 0.3 is 17.9 Å². The number of unbranched alkanes of at least 4 members (excludes halogenated alkanes) is 2. The van der Waals surface area contributed by atoms with Crippen molar-refractivity contribution in [2.75, 3.05) is 20.2 Å². The Morgan fingerprint density at radius 1 is 1.00 bits per heavy atom. The van der Waals surface area contributed by atoms with Crippen molar-refractivity contribution in [1.82, 2.24) is 0 Å². The molecule has 10 nitrogen and oxygen atoms in total. The molecule has 0 radical (unpaired) electrons. The third kappa shape index (κ3) is 7.70. The summed E-state index contributed by atoms with van der Waals surface area (Å²) in [6.45, 7) is 6.64. The molecule has 0 aliphatic carbocycles. The van der Waals surface area contributed by atoms with Gasteiger partial charge in [-0.2, -0.15) is 0 Å². The molecule has 2 aliphatic rings. The molecule has 1 saturated heterocycles. The van der Waals surface area contributed by atoms with Gasteiger partial charge < -0.3 is 33.2 Å². The molecule has 1 fully saturated rings. The van der Waals surface area contributed by atoms with Crippen LogP contribution in [-0.2, 0) is 47.5 Å². The van der Waals surface area contributed by atoms with Crippen LogP contribution in [-0.4, -0.2) is 56.1 Å². The van der Waals surface area contributed by atoms with Crippen molar-refractivity contribution in [2.45, 2.75) is 84.2 Å². The first-order valence-electron chi connectivity index (χ1n) is 10.6. The van der Waals surface area contributed by atoms with Gasteiger partial charge in [-0.25, -0.2) is 4.79 Å². The summed E-state index contributed by atoms with van der Waals surface area (Å²) in [6.07, 6.45) is 2.03. The lowest BCUT2D eigenvalue weighted by Gasteiger charge is -2.21. The van der Waals surface area contributed by atoms with E-state index in [2.05, 4.69) is 0 Å². The normalized spacial score (nSPS) is 22.3. The van der Waals surface area contributed by atoms with Gasteiger partial charge in [0, 0.05) is 12.8 Å². The second kappa shape index (κ2) is 11.9. The molecule has 10 heteroatoms. The smallest absolute Gasteiger partial charge is 0.378 e. The highest BCUT2D eigenvalue weighted by atomic mass is 16.8. The van der Waals surface area contributed by atoms with Crippen LogP contribution in [0.1, 0.15) is 66.2 Å². The molecule has 0 saturated carbocycles. The average Bonchev–Trinajstić information content (AvgIpc) is 3.24.